The first-order valence-corrected chi connectivity index (χ1v) is 7.39. The second kappa shape index (κ2) is 7.20. The molecule has 1 aliphatic heterocycles. The normalized spacial score (nSPS) is 21.9. The Kier molecular flexibility index (Phi) is 5.56. The number of carbonyl (C=O) groups is 1. The quantitative estimate of drug-likeness (QED) is 0.877. The smallest absolute Gasteiger partial charge is 0.310 e. The highest BCUT2D eigenvalue weighted by Crippen LogP contribution is 2.25. The molecule has 0 aromatic heterocycles. The van der Waals surface area contributed by atoms with E-state index in [1.807, 2.05) is 6.92 Å². The molecule has 1 aromatic carbocycles. The van der Waals surface area contributed by atoms with Crippen molar-refractivity contribution in [2.45, 2.75) is 25.9 Å². The minimum atomic E-state index is -0.844. The van der Waals surface area contributed by atoms with E-state index >= 15 is 0 Å². The molecule has 1 saturated heterocycles. The van der Waals surface area contributed by atoms with E-state index in [-0.39, 0.29) is 18.5 Å². The molecule has 0 saturated carbocycles. The second-order valence-electron chi connectivity index (χ2n) is 5.26. The lowest BCUT2D eigenvalue weighted by molar-refractivity contribution is -0.143. The number of ether oxygens (including phenoxy) is 1. The Morgan fingerprint density at radius 1 is 1.52 bits per heavy atom. The Bertz CT molecular complexity index is 512. The molecule has 0 spiro atoms. The predicted molar refractivity (Wildman–Crippen MR) is 77.8 cm³/mol. The van der Waals surface area contributed by atoms with Crippen molar-refractivity contribution >= 4 is 17.6 Å². The molecule has 1 N–H and O–H groups in total. The Hall–Kier alpha value is -1.17. The van der Waals surface area contributed by atoms with Crippen LogP contribution in [0.1, 0.15) is 18.9 Å². The Morgan fingerprint density at radius 2 is 2.29 bits per heavy atom. The lowest BCUT2D eigenvalue weighted by Gasteiger charge is -2.30. The zero-order valence-corrected chi connectivity index (χ0v) is 12.6. The van der Waals surface area contributed by atoms with E-state index in [9.17, 15) is 14.3 Å². The van der Waals surface area contributed by atoms with E-state index < -0.39 is 11.9 Å². The summed E-state index contributed by atoms with van der Waals surface area (Å²) in [4.78, 5) is 13.4. The van der Waals surface area contributed by atoms with Gasteiger partial charge in [0.15, 0.2) is 0 Å². The molecular weight excluding hydrogens is 297 g/mol. The van der Waals surface area contributed by atoms with Crippen LogP contribution in [0.3, 0.4) is 0 Å². The molecule has 6 heteroatoms. The van der Waals surface area contributed by atoms with Gasteiger partial charge in [0.2, 0.25) is 0 Å². The summed E-state index contributed by atoms with van der Waals surface area (Å²) in [6.07, 6.45) is 0.891. The van der Waals surface area contributed by atoms with E-state index in [2.05, 4.69) is 4.90 Å². The van der Waals surface area contributed by atoms with Gasteiger partial charge in [0.25, 0.3) is 0 Å². The van der Waals surface area contributed by atoms with Gasteiger partial charge >= 0.3 is 5.97 Å². The lowest BCUT2D eigenvalue weighted by atomic mass is 10.0. The number of nitrogens with zero attached hydrogens (tertiary/aromatic N) is 1. The largest absolute Gasteiger partial charge is 0.481 e. The van der Waals surface area contributed by atoms with Gasteiger partial charge in [-0.05, 0) is 30.7 Å². The average Bonchev–Trinajstić information content (AvgIpc) is 2.90. The maximum Gasteiger partial charge on any atom is 0.310 e. The molecule has 2 rings (SSSR count). The van der Waals surface area contributed by atoms with Crippen LogP contribution < -0.4 is 0 Å². The third-order valence-corrected chi connectivity index (χ3v) is 4.09. The topological polar surface area (TPSA) is 49.8 Å². The molecule has 1 aliphatic rings. The zero-order chi connectivity index (χ0) is 15.4. The average molecular weight is 316 g/mol. The van der Waals surface area contributed by atoms with Gasteiger partial charge in [0.05, 0.1) is 19.1 Å². The fraction of sp³-hybridized carbons (Fsp3) is 0.533. The van der Waals surface area contributed by atoms with Crippen LogP contribution in [0.4, 0.5) is 4.39 Å². The molecule has 1 heterocycles. The predicted octanol–water partition coefficient (Wildman–Crippen LogP) is 2.79. The van der Waals surface area contributed by atoms with E-state index in [1.54, 1.807) is 6.07 Å². The third kappa shape index (κ3) is 3.93. The number of halogens is 2. The van der Waals surface area contributed by atoms with Crippen LogP contribution in [0, 0.1) is 11.7 Å². The van der Waals surface area contributed by atoms with Crippen LogP contribution in [-0.4, -0.2) is 41.8 Å². The number of carboxylic acid groups (broad SMARTS) is 1. The number of aliphatic carboxylic acids is 1. The fourth-order valence-corrected chi connectivity index (χ4v) is 2.88. The van der Waals surface area contributed by atoms with Crippen LogP contribution in [0.5, 0.6) is 0 Å². The maximum atomic E-state index is 13.1. The molecule has 1 aromatic rings. The molecule has 2 atom stereocenters. The molecule has 0 aliphatic carbocycles. The van der Waals surface area contributed by atoms with E-state index in [4.69, 9.17) is 16.3 Å². The zero-order valence-electron chi connectivity index (χ0n) is 11.9. The summed E-state index contributed by atoms with van der Waals surface area (Å²) >= 11 is 6.07. The van der Waals surface area contributed by atoms with Crippen LogP contribution >= 0.6 is 11.6 Å². The van der Waals surface area contributed by atoms with Crippen molar-refractivity contribution in [1.29, 1.82) is 0 Å². The first-order chi connectivity index (χ1) is 10.0. The summed E-state index contributed by atoms with van der Waals surface area (Å²) in [6, 6.07) is 4.11. The Balaban J connectivity index is 2.16. The Morgan fingerprint density at radius 3 is 2.90 bits per heavy atom. The molecule has 116 valence electrons. The number of hydrogen-bond donors (Lipinski definition) is 1. The highest BCUT2D eigenvalue weighted by Gasteiger charge is 2.37. The molecule has 0 bridgehead atoms. The molecule has 21 heavy (non-hydrogen) atoms. The number of carboxylic acids is 1. The van der Waals surface area contributed by atoms with Gasteiger partial charge in [-0.15, -0.1) is 0 Å². The molecule has 0 amide bonds. The number of rotatable bonds is 6. The van der Waals surface area contributed by atoms with Crippen molar-refractivity contribution in [2.75, 3.05) is 19.8 Å². The molecule has 4 nitrogen and oxygen atoms in total. The summed E-state index contributed by atoms with van der Waals surface area (Å²) in [5, 5.41) is 9.64. The third-order valence-electron chi connectivity index (χ3n) is 3.74. The van der Waals surface area contributed by atoms with E-state index in [0.717, 1.165) is 18.5 Å². The molecule has 2 unspecified atom stereocenters. The van der Waals surface area contributed by atoms with Crippen LogP contribution in [0.15, 0.2) is 18.2 Å². The van der Waals surface area contributed by atoms with Gasteiger partial charge in [-0.3, -0.25) is 9.69 Å². The van der Waals surface area contributed by atoms with Gasteiger partial charge in [-0.2, -0.15) is 0 Å². The van der Waals surface area contributed by atoms with Gasteiger partial charge in [0.1, 0.15) is 5.82 Å². The fourth-order valence-electron chi connectivity index (χ4n) is 2.66. The first kappa shape index (κ1) is 16.2. The van der Waals surface area contributed by atoms with Crippen LogP contribution in [0.25, 0.3) is 0 Å². The molecule has 0 radical (unpaired) electrons. The molecule has 1 fully saturated rings. The summed E-state index contributed by atoms with van der Waals surface area (Å²) < 4.78 is 18.4. The summed E-state index contributed by atoms with van der Waals surface area (Å²) in [5.74, 6) is -1.75. The van der Waals surface area contributed by atoms with Gasteiger partial charge in [0, 0.05) is 17.6 Å². The monoisotopic (exact) mass is 315 g/mol. The maximum absolute atomic E-state index is 13.1. The Labute approximate surface area is 128 Å². The van der Waals surface area contributed by atoms with Crippen molar-refractivity contribution in [3.8, 4) is 0 Å². The minimum absolute atomic E-state index is 0.177. The van der Waals surface area contributed by atoms with Gasteiger partial charge in [-0.25, -0.2) is 4.39 Å². The van der Waals surface area contributed by atoms with E-state index in [0.29, 0.717) is 18.2 Å². The summed E-state index contributed by atoms with van der Waals surface area (Å²) in [7, 11) is 0. The second-order valence-corrected chi connectivity index (χ2v) is 5.66. The van der Waals surface area contributed by atoms with Crippen molar-refractivity contribution in [2.24, 2.45) is 5.92 Å². The van der Waals surface area contributed by atoms with E-state index in [1.165, 1.54) is 12.1 Å². The molecular formula is C15H19ClFNO3. The number of hydrogen-bond acceptors (Lipinski definition) is 3. The van der Waals surface area contributed by atoms with Gasteiger partial charge < -0.3 is 9.84 Å². The van der Waals surface area contributed by atoms with Crippen LogP contribution in [-0.2, 0) is 16.1 Å². The standard InChI is InChI=1S/C15H19ClFNO3/c1-2-5-18(14-9-21-8-12(14)15(19)20)7-10-3-4-11(17)6-13(10)16/h3-4,6,12,14H,2,5,7-9H2,1H3,(H,19,20). The number of benzene rings is 1. The van der Waals surface area contributed by atoms with Crippen molar-refractivity contribution < 1.29 is 19.0 Å². The highest BCUT2D eigenvalue weighted by molar-refractivity contribution is 6.31. The van der Waals surface area contributed by atoms with Crippen molar-refractivity contribution in [3.05, 3.63) is 34.6 Å². The highest BCUT2D eigenvalue weighted by atomic mass is 35.5. The van der Waals surface area contributed by atoms with Crippen molar-refractivity contribution in [1.82, 2.24) is 4.90 Å². The summed E-state index contributed by atoms with van der Waals surface area (Å²) in [5.41, 5.74) is 0.794. The summed E-state index contributed by atoms with van der Waals surface area (Å²) in [6.45, 7) is 3.90. The first-order valence-electron chi connectivity index (χ1n) is 7.01. The van der Waals surface area contributed by atoms with Crippen LogP contribution in [0.2, 0.25) is 5.02 Å². The minimum Gasteiger partial charge on any atom is -0.481 e. The SMILES string of the molecule is CCCN(Cc1ccc(F)cc1Cl)C1COCC1C(=O)O. The van der Waals surface area contributed by atoms with Crippen molar-refractivity contribution in [3.63, 3.8) is 0 Å². The van der Waals surface area contributed by atoms with Gasteiger partial charge in [-0.1, -0.05) is 24.6 Å². The lowest BCUT2D eigenvalue weighted by Crippen LogP contribution is -2.43.